The van der Waals surface area contributed by atoms with Crippen LogP contribution in [-0.2, 0) is 0 Å². The van der Waals surface area contributed by atoms with Crippen molar-refractivity contribution in [2.75, 3.05) is 13.6 Å². The number of amides is 1. The highest BCUT2D eigenvalue weighted by Crippen LogP contribution is 2.10. The molecule has 1 atom stereocenters. The zero-order valence-corrected chi connectivity index (χ0v) is 12.7. The summed E-state index contributed by atoms with van der Waals surface area (Å²) in [6.45, 7) is 2.26. The Bertz CT molecular complexity index is 599. The Hall–Kier alpha value is -1.92. The van der Waals surface area contributed by atoms with Gasteiger partial charge in [0.25, 0.3) is 5.91 Å². The van der Waals surface area contributed by atoms with Gasteiger partial charge in [0.05, 0.1) is 5.69 Å². The van der Waals surface area contributed by atoms with Crippen LogP contribution in [0.1, 0.15) is 17.4 Å². The number of nitrogens with two attached hydrogens (primary N) is 1. The van der Waals surface area contributed by atoms with Gasteiger partial charge in [-0.3, -0.25) is 4.79 Å². The Morgan fingerprint density at radius 3 is 2.57 bits per heavy atom. The van der Waals surface area contributed by atoms with Crippen LogP contribution in [0.4, 0.5) is 4.39 Å². The molecule has 114 valence electrons. The molecule has 0 aliphatic heterocycles. The molecule has 1 heterocycles. The number of rotatable bonds is 4. The topological polar surface area (TPSA) is 64.2 Å². The summed E-state index contributed by atoms with van der Waals surface area (Å²) in [7, 11) is 1.69. The molecule has 0 radical (unpaired) electrons. The van der Waals surface area contributed by atoms with Crippen molar-refractivity contribution in [3.05, 3.63) is 48.0 Å². The molecule has 1 amide bonds. The van der Waals surface area contributed by atoms with E-state index >= 15 is 0 Å². The number of likely N-dealkylation sites (N-methyl/N-ethyl adjacent to an activating group) is 1. The fourth-order valence-corrected chi connectivity index (χ4v) is 1.71. The first kappa shape index (κ1) is 17.1. The maximum atomic E-state index is 12.9. The van der Waals surface area contributed by atoms with Gasteiger partial charge in [-0.25, -0.2) is 9.07 Å². The lowest BCUT2D eigenvalue weighted by Crippen LogP contribution is -2.39. The highest BCUT2D eigenvalue weighted by Gasteiger charge is 2.18. The summed E-state index contributed by atoms with van der Waals surface area (Å²) in [5, 5.41) is 4.21. The summed E-state index contributed by atoms with van der Waals surface area (Å²) in [4.78, 5) is 13.7. The molecule has 0 fully saturated rings. The number of hydrogen-bond donors (Lipinski definition) is 1. The van der Waals surface area contributed by atoms with E-state index in [1.807, 2.05) is 6.92 Å². The highest BCUT2D eigenvalue weighted by atomic mass is 35.5. The van der Waals surface area contributed by atoms with Gasteiger partial charge in [-0.05, 0) is 37.3 Å². The fraction of sp³-hybridized carbons (Fsp3) is 0.286. The van der Waals surface area contributed by atoms with Gasteiger partial charge in [0.15, 0.2) is 5.69 Å². The van der Waals surface area contributed by atoms with Crippen LogP contribution in [0.25, 0.3) is 5.69 Å². The quantitative estimate of drug-likeness (QED) is 0.937. The molecule has 21 heavy (non-hydrogen) atoms. The maximum Gasteiger partial charge on any atom is 0.274 e. The Kier molecular flexibility index (Phi) is 5.87. The molecule has 1 aromatic heterocycles. The molecule has 0 aliphatic carbocycles. The molecular weight excluding hydrogens is 295 g/mol. The van der Waals surface area contributed by atoms with E-state index < -0.39 is 0 Å². The smallest absolute Gasteiger partial charge is 0.274 e. The van der Waals surface area contributed by atoms with Gasteiger partial charge in [0.1, 0.15) is 5.82 Å². The van der Waals surface area contributed by atoms with Crippen LogP contribution in [0, 0.1) is 5.82 Å². The minimum absolute atomic E-state index is 0. The zero-order valence-electron chi connectivity index (χ0n) is 11.9. The van der Waals surface area contributed by atoms with E-state index in [1.165, 1.54) is 16.8 Å². The number of benzene rings is 1. The van der Waals surface area contributed by atoms with Gasteiger partial charge in [-0.15, -0.1) is 12.4 Å². The molecule has 0 saturated carbocycles. The van der Waals surface area contributed by atoms with E-state index in [2.05, 4.69) is 5.10 Å². The van der Waals surface area contributed by atoms with Crippen LogP contribution in [-0.4, -0.2) is 40.2 Å². The maximum absolute atomic E-state index is 12.9. The number of halogens is 2. The number of nitrogens with zero attached hydrogens (tertiary/aromatic N) is 3. The normalized spacial score (nSPS) is 11.6. The number of aromatic nitrogens is 2. The lowest BCUT2D eigenvalue weighted by molar-refractivity contribution is 0.0742. The molecule has 7 heteroatoms. The second-order valence-corrected chi connectivity index (χ2v) is 4.62. The van der Waals surface area contributed by atoms with Crippen molar-refractivity contribution in [2.45, 2.75) is 13.0 Å². The summed E-state index contributed by atoms with van der Waals surface area (Å²) < 4.78 is 14.4. The first-order valence-corrected chi connectivity index (χ1v) is 6.31. The van der Waals surface area contributed by atoms with Crippen molar-refractivity contribution in [1.29, 1.82) is 0 Å². The van der Waals surface area contributed by atoms with Crippen molar-refractivity contribution in [3.8, 4) is 5.69 Å². The second-order valence-electron chi connectivity index (χ2n) is 4.62. The fourth-order valence-electron chi connectivity index (χ4n) is 1.71. The van der Waals surface area contributed by atoms with Crippen LogP contribution in [0.15, 0.2) is 36.5 Å². The van der Waals surface area contributed by atoms with E-state index in [0.29, 0.717) is 17.9 Å². The van der Waals surface area contributed by atoms with E-state index in [0.717, 1.165) is 0 Å². The van der Waals surface area contributed by atoms with Gasteiger partial charge in [-0.1, -0.05) is 0 Å². The summed E-state index contributed by atoms with van der Waals surface area (Å²) >= 11 is 0. The minimum Gasteiger partial charge on any atom is -0.336 e. The van der Waals surface area contributed by atoms with Crippen molar-refractivity contribution in [2.24, 2.45) is 5.73 Å². The molecule has 1 unspecified atom stereocenters. The standard InChI is InChI=1S/C14H17FN4O.ClH/c1-10(9-16)18(2)14(20)13-7-8-19(17-13)12-5-3-11(15)4-6-12;/h3-8,10H,9,16H2,1-2H3;1H. The monoisotopic (exact) mass is 312 g/mol. The van der Waals surface area contributed by atoms with Gasteiger partial charge in [-0.2, -0.15) is 5.10 Å². The first-order chi connectivity index (χ1) is 9.52. The Labute approximate surface area is 129 Å². The Morgan fingerprint density at radius 2 is 2.00 bits per heavy atom. The average Bonchev–Trinajstić information content (AvgIpc) is 2.95. The van der Waals surface area contributed by atoms with Crippen LogP contribution in [0.2, 0.25) is 0 Å². The molecule has 2 aromatic rings. The molecule has 0 bridgehead atoms. The third kappa shape index (κ3) is 3.80. The summed E-state index contributed by atoms with van der Waals surface area (Å²) in [6.07, 6.45) is 1.67. The molecule has 1 aromatic carbocycles. The third-order valence-electron chi connectivity index (χ3n) is 3.22. The van der Waals surface area contributed by atoms with Crippen molar-refractivity contribution in [1.82, 2.24) is 14.7 Å². The van der Waals surface area contributed by atoms with Gasteiger partial charge in [0, 0.05) is 25.8 Å². The van der Waals surface area contributed by atoms with Crippen molar-refractivity contribution in [3.63, 3.8) is 0 Å². The average molecular weight is 313 g/mol. The third-order valence-corrected chi connectivity index (χ3v) is 3.22. The zero-order chi connectivity index (χ0) is 14.7. The summed E-state index contributed by atoms with van der Waals surface area (Å²) in [5.74, 6) is -0.502. The lowest BCUT2D eigenvalue weighted by atomic mass is 10.2. The summed E-state index contributed by atoms with van der Waals surface area (Å²) in [6, 6.07) is 7.47. The molecule has 5 nitrogen and oxygen atoms in total. The number of carbonyl (C=O) groups is 1. The lowest BCUT2D eigenvalue weighted by Gasteiger charge is -2.22. The van der Waals surface area contributed by atoms with Crippen LogP contribution >= 0.6 is 12.4 Å². The molecule has 0 spiro atoms. The van der Waals surface area contributed by atoms with Crippen LogP contribution < -0.4 is 5.73 Å². The van der Waals surface area contributed by atoms with Crippen LogP contribution in [0.5, 0.6) is 0 Å². The van der Waals surface area contributed by atoms with E-state index in [9.17, 15) is 9.18 Å². The van der Waals surface area contributed by atoms with Crippen LogP contribution in [0.3, 0.4) is 0 Å². The van der Waals surface area contributed by atoms with Crippen molar-refractivity contribution < 1.29 is 9.18 Å². The predicted molar refractivity (Wildman–Crippen MR) is 81.4 cm³/mol. The Morgan fingerprint density at radius 1 is 1.38 bits per heavy atom. The molecule has 2 N–H and O–H groups in total. The van der Waals surface area contributed by atoms with E-state index in [4.69, 9.17) is 5.73 Å². The minimum atomic E-state index is -0.311. The molecule has 0 aliphatic rings. The molecule has 0 saturated heterocycles. The number of hydrogen-bond acceptors (Lipinski definition) is 3. The molecular formula is C14H18ClFN4O. The van der Waals surface area contributed by atoms with Crippen molar-refractivity contribution >= 4 is 18.3 Å². The first-order valence-electron chi connectivity index (χ1n) is 6.31. The Balaban J connectivity index is 0.00000220. The predicted octanol–water partition coefficient (Wildman–Crippen LogP) is 1.85. The highest BCUT2D eigenvalue weighted by molar-refractivity contribution is 5.92. The van der Waals surface area contributed by atoms with E-state index in [-0.39, 0.29) is 30.2 Å². The van der Waals surface area contributed by atoms with Gasteiger partial charge in [0.2, 0.25) is 0 Å². The SMILES string of the molecule is CC(CN)N(C)C(=O)c1ccn(-c2ccc(F)cc2)n1.Cl. The van der Waals surface area contributed by atoms with E-state index in [1.54, 1.807) is 36.3 Å². The van der Waals surface area contributed by atoms with Gasteiger partial charge >= 0.3 is 0 Å². The molecule has 2 rings (SSSR count). The van der Waals surface area contributed by atoms with Gasteiger partial charge < -0.3 is 10.6 Å². The number of carbonyl (C=O) groups excluding carboxylic acids is 1. The summed E-state index contributed by atoms with van der Waals surface area (Å²) in [5.41, 5.74) is 6.57. The second kappa shape index (κ2) is 7.19. The largest absolute Gasteiger partial charge is 0.336 e.